The summed E-state index contributed by atoms with van der Waals surface area (Å²) in [6.07, 6.45) is 0.473. The Kier molecular flexibility index (Phi) is 4.77. The fourth-order valence-electron chi connectivity index (χ4n) is 1.49. The molecule has 1 saturated heterocycles. The summed E-state index contributed by atoms with van der Waals surface area (Å²) >= 11 is 5.76. The molecular weight excluding hydrogens is 226 g/mol. The van der Waals surface area contributed by atoms with Crippen molar-refractivity contribution in [2.24, 2.45) is 0 Å². The van der Waals surface area contributed by atoms with Crippen molar-refractivity contribution in [2.45, 2.75) is 26.6 Å². The average molecular weight is 242 g/mol. The minimum atomic E-state index is 0. The van der Waals surface area contributed by atoms with Crippen LogP contribution in [0.4, 0.5) is 0 Å². The summed E-state index contributed by atoms with van der Waals surface area (Å²) in [6.45, 7) is 1.14. The SMILES string of the molecule is C.O=C1C[C@H](OCc2ccc(Cl)cc2)CN1. The van der Waals surface area contributed by atoms with Gasteiger partial charge in [0.1, 0.15) is 0 Å². The Morgan fingerprint density at radius 2 is 2.06 bits per heavy atom. The summed E-state index contributed by atoms with van der Waals surface area (Å²) in [5.41, 5.74) is 1.07. The van der Waals surface area contributed by atoms with Crippen LogP contribution >= 0.6 is 11.6 Å². The second-order valence-electron chi connectivity index (χ2n) is 3.57. The van der Waals surface area contributed by atoms with Crippen molar-refractivity contribution < 1.29 is 9.53 Å². The van der Waals surface area contributed by atoms with Gasteiger partial charge in [-0.05, 0) is 17.7 Å². The molecule has 0 radical (unpaired) electrons. The highest BCUT2D eigenvalue weighted by Gasteiger charge is 2.21. The van der Waals surface area contributed by atoms with Gasteiger partial charge in [0.2, 0.25) is 5.91 Å². The van der Waals surface area contributed by atoms with Crippen molar-refractivity contribution in [1.29, 1.82) is 0 Å². The third-order valence-electron chi connectivity index (χ3n) is 2.34. The van der Waals surface area contributed by atoms with E-state index in [-0.39, 0.29) is 19.4 Å². The lowest BCUT2D eigenvalue weighted by Crippen LogP contribution is -2.17. The highest BCUT2D eigenvalue weighted by atomic mass is 35.5. The highest BCUT2D eigenvalue weighted by molar-refractivity contribution is 6.30. The van der Waals surface area contributed by atoms with Gasteiger partial charge < -0.3 is 10.1 Å². The van der Waals surface area contributed by atoms with Gasteiger partial charge in [-0.2, -0.15) is 0 Å². The Balaban J connectivity index is 0.00000128. The van der Waals surface area contributed by atoms with Gasteiger partial charge in [0.05, 0.1) is 19.1 Å². The number of hydrogen-bond acceptors (Lipinski definition) is 2. The van der Waals surface area contributed by atoms with Crippen molar-refractivity contribution in [3.05, 3.63) is 34.9 Å². The molecule has 1 N–H and O–H groups in total. The molecule has 2 rings (SSSR count). The fraction of sp³-hybridized carbons (Fsp3) is 0.417. The zero-order chi connectivity index (χ0) is 10.7. The molecule has 1 fully saturated rings. The third kappa shape index (κ3) is 3.51. The maximum absolute atomic E-state index is 10.9. The molecule has 0 aromatic heterocycles. The fourth-order valence-corrected chi connectivity index (χ4v) is 1.62. The number of hydrogen-bond donors (Lipinski definition) is 1. The van der Waals surface area contributed by atoms with Crippen LogP contribution in [0.5, 0.6) is 0 Å². The topological polar surface area (TPSA) is 38.3 Å². The normalized spacial score (nSPS) is 19.1. The quantitative estimate of drug-likeness (QED) is 0.883. The first-order chi connectivity index (χ1) is 7.24. The number of ether oxygens (including phenoxy) is 1. The number of carbonyl (C=O) groups excluding carboxylic acids is 1. The Morgan fingerprint density at radius 1 is 1.38 bits per heavy atom. The minimum Gasteiger partial charge on any atom is -0.371 e. The predicted molar refractivity (Wildman–Crippen MR) is 64.4 cm³/mol. The monoisotopic (exact) mass is 241 g/mol. The van der Waals surface area contributed by atoms with Crippen LogP contribution in [0, 0.1) is 0 Å². The molecule has 0 unspecified atom stereocenters. The van der Waals surface area contributed by atoms with E-state index in [0.717, 1.165) is 10.6 Å². The van der Waals surface area contributed by atoms with Gasteiger partial charge in [-0.1, -0.05) is 31.2 Å². The molecule has 0 bridgehead atoms. The lowest BCUT2D eigenvalue weighted by molar-refractivity contribution is -0.119. The molecule has 3 nitrogen and oxygen atoms in total. The van der Waals surface area contributed by atoms with E-state index >= 15 is 0 Å². The molecule has 1 amide bonds. The predicted octanol–water partition coefficient (Wildman–Crippen LogP) is 2.38. The van der Waals surface area contributed by atoms with Crippen molar-refractivity contribution in [3.63, 3.8) is 0 Å². The number of carbonyl (C=O) groups is 1. The first-order valence-electron chi connectivity index (χ1n) is 4.87. The van der Waals surface area contributed by atoms with Gasteiger partial charge in [0, 0.05) is 11.6 Å². The summed E-state index contributed by atoms with van der Waals surface area (Å²) < 4.78 is 5.57. The number of nitrogens with one attached hydrogen (secondary N) is 1. The molecule has 0 aliphatic carbocycles. The zero-order valence-corrected chi connectivity index (χ0v) is 8.96. The van der Waals surface area contributed by atoms with E-state index in [1.165, 1.54) is 0 Å². The highest BCUT2D eigenvalue weighted by Crippen LogP contribution is 2.12. The van der Waals surface area contributed by atoms with Crippen molar-refractivity contribution in [1.82, 2.24) is 5.32 Å². The number of benzene rings is 1. The van der Waals surface area contributed by atoms with Gasteiger partial charge in [-0.25, -0.2) is 0 Å². The smallest absolute Gasteiger partial charge is 0.222 e. The number of amides is 1. The maximum atomic E-state index is 10.9. The number of rotatable bonds is 3. The first kappa shape index (κ1) is 13.0. The van der Waals surface area contributed by atoms with Gasteiger partial charge in [-0.3, -0.25) is 4.79 Å². The Bertz CT molecular complexity index is 351. The molecule has 1 aliphatic rings. The number of halogens is 1. The molecule has 1 aromatic carbocycles. The molecule has 4 heteroatoms. The summed E-state index contributed by atoms with van der Waals surface area (Å²) in [6, 6.07) is 7.51. The van der Waals surface area contributed by atoms with E-state index in [1.54, 1.807) is 0 Å². The summed E-state index contributed by atoms with van der Waals surface area (Å²) in [4.78, 5) is 10.9. The lowest BCUT2D eigenvalue weighted by atomic mass is 10.2. The second-order valence-corrected chi connectivity index (χ2v) is 4.00. The maximum Gasteiger partial charge on any atom is 0.222 e. The second kappa shape index (κ2) is 5.87. The molecule has 88 valence electrons. The van der Waals surface area contributed by atoms with Gasteiger partial charge in [0.15, 0.2) is 0 Å². The Morgan fingerprint density at radius 3 is 2.62 bits per heavy atom. The van der Waals surface area contributed by atoms with Crippen LogP contribution in [0.1, 0.15) is 19.4 Å². The largest absolute Gasteiger partial charge is 0.371 e. The molecule has 16 heavy (non-hydrogen) atoms. The molecule has 1 aliphatic heterocycles. The van der Waals surface area contributed by atoms with E-state index < -0.39 is 0 Å². The third-order valence-corrected chi connectivity index (χ3v) is 2.59. The molecule has 1 atom stereocenters. The van der Waals surface area contributed by atoms with Gasteiger partial charge in [-0.15, -0.1) is 0 Å². The summed E-state index contributed by atoms with van der Waals surface area (Å²) in [5.74, 6) is 0.0658. The van der Waals surface area contributed by atoms with Crippen molar-refractivity contribution in [3.8, 4) is 0 Å². The average Bonchev–Trinajstić information content (AvgIpc) is 2.64. The van der Waals surface area contributed by atoms with Gasteiger partial charge >= 0.3 is 0 Å². The van der Waals surface area contributed by atoms with E-state index in [4.69, 9.17) is 16.3 Å². The van der Waals surface area contributed by atoms with Gasteiger partial charge in [0.25, 0.3) is 0 Å². The Hall–Kier alpha value is -1.06. The van der Waals surface area contributed by atoms with Crippen LogP contribution in [0.2, 0.25) is 5.02 Å². The molecule has 1 aromatic rings. The van der Waals surface area contributed by atoms with Crippen LogP contribution in [0.3, 0.4) is 0 Å². The zero-order valence-electron chi connectivity index (χ0n) is 8.20. The van der Waals surface area contributed by atoms with Crippen LogP contribution < -0.4 is 5.32 Å². The van der Waals surface area contributed by atoms with E-state index in [1.807, 2.05) is 24.3 Å². The van der Waals surface area contributed by atoms with Crippen LogP contribution in [-0.2, 0) is 16.1 Å². The van der Waals surface area contributed by atoms with E-state index in [0.29, 0.717) is 19.6 Å². The van der Waals surface area contributed by atoms with Crippen LogP contribution in [-0.4, -0.2) is 18.6 Å². The van der Waals surface area contributed by atoms with Crippen LogP contribution in [0.25, 0.3) is 0 Å². The molecule has 1 heterocycles. The van der Waals surface area contributed by atoms with Crippen molar-refractivity contribution in [2.75, 3.05) is 6.54 Å². The molecular formula is C12H16ClNO2. The van der Waals surface area contributed by atoms with E-state index in [9.17, 15) is 4.79 Å². The first-order valence-corrected chi connectivity index (χ1v) is 5.24. The lowest BCUT2D eigenvalue weighted by Gasteiger charge is -2.09. The summed E-state index contributed by atoms with van der Waals surface area (Å²) in [5, 5.41) is 3.45. The van der Waals surface area contributed by atoms with E-state index in [2.05, 4.69) is 5.32 Å². The molecule has 0 saturated carbocycles. The Labute approximate surface area is 101 Å². The van der Waals surface area contributed by atoms with Crippen molar-refractivity contribution >= 4 is 17.5 Å². The van der Waals surface area contributed by atoms with Crippen LogP contribution in [0.15, 0.2) is 24.3 Å². The summed E-state index contributed by atoms with van der Waals surface area (Å²) in [7, 11) is 0. The molecule has 0 spiro atoms. The standard InChI is InChI=1S/C11H12ClNO2.CH4/c12-9-3-1-8(2-4-9)7-15-10-5-11(14)13-6-10;/h1-4,10H,5-7H2,(H,13,14);1H4/t10-;/m0./s1. The minimum absolute atomic E-state index is 0.